The molecule has 1 aromatic carbocycles. The molecule has 2 heterocycles. The number of nitrogens with one attached hydrogen (secondary N) is 1. The predicted octanol–water partition coefficient (Wildman–Crippen LogP) is 4.51. The van der Waals surface area contributed by atoms with Crippen molar-refractivity contribution in [2.45, 2.75) is 20.3 Å². The average molecular weight is 307 g/mol. The molecule has 0 saturated heterocycles. The number of nitrogens with zero attached hydrogens (tertiary/aromatic N) is 3. The SMILES string of the molecule is CC(C)CCN(c1ccc(F)cc1)c1nc(Cl)nc2c1N2. The van der Waals surface area contributed by atoms with E-state index >= 15 is 0 Å². The van der Waals surface area contributed by atoms with Gasteiger partial charge in [0.2, 0.25) is 5.28 Å². The lowest BCUT2D eigenvalue weighted by Crippen LogP contribution is -2.20. The third kappa shape index (κ3) is 3.08. The van der Waals surface area contributed by atoms with Crippen molar-refractivity contribution in [3.8, 4) is 0 Å². The summed E-state index contributed by atoms with van der Waals surface area (Å²) in [5.41, 5.74) is 1.79. The minimum Gasteiger partial charge on any atom is -0.332 e. The van der Waals surface area contributed by atoms with Gasteiger partial charge in [-0.05, 0) is 48.2 Å². The summed E-state index contributed by atoms with van der Waals surface area (Å²) in [6, 6.07) is 6.40. The van der Waals surface area contributed by atoms with E-state index in [1.165, 1.54) is 12.1 Å². The van der Waals surface area contributed by atoms with Crippen LogP contribution in [0.3, 0.4) is 0 Å². The Kier molecular flexibility index (Phi) is 3.68. The molecule has 0 fully saturated rings. The lowest BCUT2D eigenvalue weighted by atomic mass is 10.1. The summed E-state index contributed by atoms with van der Waals surface area (Å²) in [5.74, 6) is 1.82. The van der Waals surface area contributed by atoms with E-state index in [-0.39, 0.29) is 11.1 Å². The van der Waals surface area contributed by atoms with Crippen LogP contribution in [0, 0.1) is 11.7 Å². The highest BCUT2D eigenvalue weighted by molar-refractivity contribution is 6.29. The maximum absolute atomic E-state index is 13.1. The molecule has 0 amide bonds. The second-order valence-electron chi connectivity index (χ2n) is 5.48. The van der Waals surface area contributed by atoms with E-state index in [4.69, 9.17) is 11.6 Å². The summed E-state index contributed by atoms with van der Waals surface area (Å²) < 4.78 is 13.1. The van der Waals surface area contributed by atoms with Crippen LogP contribution in [0.15, 0.2) is 24.3 Å². The number of hydrogen-bond donors (Lipinski definition) is 1. The van der Waals surface area contributed by atoms with Crippen LogP contribution in [0.2, 0.25) is 5.28 Å². The summed E-state index contributed by atoms with van der Waals surface area (Å²) in [5, 5.41) is 3.29. The Morgan fingerprint density at radius 1 is 1.24 bits per heavy atom. The molecular formula is C15H16ClFN4. The molecule has 0 bridgehead atoms. The molecule has 6 heteroatoms. The summed E-state index contributed by atoms with van der Waals surface area (Å²) in [6.07, 6.45) is 0.994. The van der Waals surface area contributed by atoms with Gasteiger partial charge in [-0.25, -0.2) is 4.39 Å². The fraction of sp³-hybridized carbons (Fsp3) is 0.333. The number of fused-ring (bicyclic) bond motifs is 1. The molecule has 2 aromatic rings. The fourth-order valence-electron chi connectivity index (χ4n) is 2.15. The maximum atomic E-state index is 13.1. The van der Waals surface area contributed by atoms with Crippen molar-refractivity contribution in [3.05, 3.63) is 35.4 Å². The largest absolute Gasteiger partial charge is 0.332 e. The van der Waals surface area contributed by atoms with Crippen LogP contribution in [0.4, 0.5) is 27.4 Å². The first-order valence-electron chi connectivity index (χ1n) is 6.92. The van der Waals surface area contributed by atoms with Gasteiger partial charge in [-0.3, -0.25) is 0 Å². The minimum absolute atomic E-state index is 0.213. The molecule has 0 saturated carbocycles. The van der Waals surface area contributed by atoms with Crippen LogP contribution in [-0.2, 0) is 0 Å². The Morgan fingerprint density at radius 2 is 1.95 bits per heavy atom. The van der Waals surface area contributed by atoms with Gasteiger partial charge < -0.3 is 10.2 Å². The first kappa shape index (κ1) is 14.1. The quantitative estimate of drug-likeness (QED) is 0.556. The monoisotopic (exact) mass is 306 g/mol. The van der Waals surface area contributed by atoms with Gasteiger partial charge in [0, 0.05) is 12.2 Å². The highest BCUT2D eigenvalue weighted by Crippen LogP contribution is 2.46. The summed E-state index contributed by atoms with van der Waals surface area (Å²) in [7, 11) is 0. The van der Waals surface area contributed by atoms with Crippen molar-refractivity contribution in [2.75, 3.05) is 16.8 Å². The van der Waals surface area contributed by atoms with Gasteiger partial charge >= 0.3 is 0 Å². The van der Waals surface area contributed by atoms with E-state index in [2.05, 4.69) is 29.1 Å². The summed E-state index contributed by atoms with van der Waals surface area (Å²) in [6.45, 7) is 5.12. The molecule has 21 heavy (non-hydrogen) atoms. The van der Waals surface area contributed by atoms with Crippen molar-refractivity contribution in [1.82, 2.24) is 9.97 Å². The lowest BCUT2D eigenvalue weighted by molar-refractivity contribution is 0.589. The Morgan fingerprint density at radius 3 is 2.62 bits per heavy atom. The molecule has 4 nitrogen and oxygen atoms in total. The third-order valence-corrected chi connectivity index (χ3v) is 3.54. The van der Waals surface area contributed by atoms with E-state index in [1.54, 1.807) is 12.1 Å². The smallest absolute Gasteiger partial charge is 0.226 e. The number of benzene rings is 1. The van der Waals surface area contributed by atoms with Gasteiger partial charge in [-0.2, -0.15) is 9.97 Å². The van der Waals surface area contributed by atoms with Crippen molar-refractivity contribution < 1.29 is 4.39 Å². The van der Waals surface area contributed by atoms with Gasteiger partial charge in [-0.15, -0.1) is 0 Å². The van der Waals surface area contributed by atoms with Gasteiger partial charge in [0.05, 0.1) is 0 Å². The van der Waals surface area contributed by atoms with Crippen LogP contribution in [0.25, 0.3) is 0 Å². The van der Waals surface area contributed by atoms with Gasteiger partial charge in [0.25, 0.3) is 0 Å². The zero-order chi connectivity index (χ0) is 15.0. The average Bonchev–Trinajstić information content (AvgIpc) is 3.19. The topological polar surface area (TPSA) is 51.0 Å². The van der Waals surface area contributed by atoms with Crippen LogP contribution < -0.4 is 10.2 Å². The van der Waals surface area contributed by atoms with Gasteiger partial charge in [0.15, 0.2) is 11.6 Å². The standard InChI is InChI=1S/C15H16ClFN4/c1-9(2)7-8-21(11-5-3-10(17)4-6-11)14-12-13(18-12)19-15(16)20-14/h3-6,9H,7-8H2,1-2H3,(H,18,19,20). The highest BCUT2D eigenvalue weighted by Gasteiger charge is 2.29. The fourth-order valence-corrected chi connectivity index (χ4v) is 2.32. The summed E-state index contributed by atoms with van der Waals surface area (Å²) in [4.78, 5) is 10.4. The van der Waals surface area contributed by atoms with E-state index in [1.807, 2.05) is 4.90 Å². The molecule has 1 aliphatic rings. The number of anilines is 4. The third-order valence-electron chi connectivity index (χ3n) is 3.37. The van der Waals surface area contributed by atoms with Crippen molar-refractivity contribution >= 4 is 34.6 Å². The molecule has 1 aromatic heterocycles. The first-order valence-corrected chi connectivity index (χ1v) is 7.30. The molecule has 3 rings (SSSR count). The van der Waals surface area contributed by atoms with E-state index in [0.717, 1.165) is 36.0 Å². The Labute approximate surface area is 128 Å². The predicted molar refractivity (Wildman–Crippen MR) is 83.2 cm³/mol. The maximum Gasteiger partial charge on any atom is 0.226 e. The van der Waals surface area contributed by atoms with Crippen LogP contribution in [-0.4, -0.2) is 16.5 Å². The summed E-state index contributed by atoms with van der Waals surface area (Å²) >= 11 is 5.95. The van der Waals surface area contributed by atoms with Gasteiger partial charge in [0.1, 0.15) is 11.5 Å². The number of rotatable bonds is 5. The Bertz CT molecular complexity index is 657. The van der Waals surface area contributed by atoms with Crippen molar-refractivity contribution in [2.24, 2.45) is 5.92 Å². The van der Waals surface area contributed by atoms with Crippen molar-refractivity contribution in [3.63, 3.8) is 0 Å². The molecule has 0 radical (unpaired) electrons. The van der Waals surface area contributed by atoms with Crippen LogP contribution in [0.1, 0.15) is 20.3 Å². The zero-order valence-corrected chi connectivity index (χ0v) is 12.7. The van der Waals surface area contributed by atoms with E-state index in [0.29, 0.717) is 5.92 Å². The normalized spacial score (nSPS) is 12.0. The molecular weight excluding hydrogens is 291 g/mol. The van der Waals surface area contributed by atoms with Crippen LogP contribution >= 0.6 is 11.6 Å². The Hall–Kier alpha value is -1.88. The van der Waals surface area contributed by atoms with Crippen LogP contribution in [0.5, 0.6) is 0 Å². The number of hydrogen-bond acceptors (Lipinski definition) is 4. The molecule has 0 aliphatic carbocycles. The lowest BCUT2D eigenvalue weighted by Gasteiger charge is -2.24. The molecule has 0 unspecified atom stereocenters. The number of aromatic nitrogens is 2. The molecule has 110 valence electrons. The zero-order valence-electron chi connectivity index (χ0n) is 11.9. The van der Waals surface area contributed by atoms with E-state index < -0.39 is 0 Å². The molecule has 1 N–H and O–H groups in total. The number of halogens is 2. The highest BCUT2D eigenvalue weighted by atomic mass is 35.5. The van der Waals surface area contributed by atoms with Gasteiger partial charge in [-0.1, -0.05) is 13.8 Å². The molecule has 0 spiro atoms. The van der Waals surface area contributed by atoms with Crippen molar-refractivity contribution in [1.29, 1.82) is 0 Å². The molecule has 0 atom stereocenters. The molecule has 1 aliphatic heterocycles. The minimum atomic E-state index is -0.253. The van der Waals surface area contributed by atoms with E-state index in [9.17, 15) is 4.39 Å². The Balaban J connectivity index is 1.96. The first-order chi connectivity index (χ1) is 10.0. The second-order valence-corrected chi connectivity index (χ2v) is 5.81. The second kappa shape index (κ2) is 5.48.